The maximum Gasteiger partial charge on any atom is 0.237 e. The van der Waals surface area contributed by atoms with Crippen molar-refractivity contribution in [3.8, 4) is 17.2 Å². The highest BCUT2D eigenvalue weighted by Crippen LogP contribution is 2.28. The smallest absolute Gasteiger partial charge is 0.237 e. The highest BCUT2D eigenvalue weighted by atomic mass is 32.2. The fourth-order valence-electron chi connectivity index (χ4n) is 3.54. The lowest BCUT2D eigenvalue weighted by Crippen LogP contribution is -2.23. The summed E-state index contributed by atoms with van der Waals surface area (Å²) in [7, 11) is 1.60. The van der Waals surface area contributed by atoms with Crippen LogP contribution in [0.3, 0.4) is 0 Å². The van der Waals surface area contributed by atoms with Crippen LogP contribution in [0.25, 0.3) is 5.69 Å². The Morgan fingerprint density at radius 2 is 1.77 bits per heavy atom. The number of nitrogens with zero attached hydrogens (tertiary/aromatic N) is 3. The summed E-state index contributed by atoms with van der Waals surface area (Å²) >= 11 is 1.36. The van der Waals surface area contributed by atoms with Crippen LogP contribution in [0.4, 0.5) is 5.69 Å². The van der Waals surface area contributed by atoms with Crippen LogP contribution in [-0.2, 0) is 11.2 Å². The topological polar surface area (TPSA) is 78.3 Å². The molecule has 4 rings (SSSR count). The van der Waals surface area contributed by atoms with Crippen molar-refractivity contribution in [2.24, 2.45) is 0 Å². The molecule has 0 aliphatic carbocycles. The van der Waals surface area contributed by atoms with Gasteiger partial charge >= 0.3 is 0 Å². The number of hydrogen-bond donors (Lipinski definition) is 1. The Morgan fingerprint density at radius 3 is 2.49 bits per heavy atom. The van der Waals surface area contributed by atoms with E-state index in [2.05, 4.69) is 27.6 Å². The standard InChI is InChI=1S/C27H28N4O3S/c1-4-34-23-15-13-22(14-16-23)31-25(17-20-9-6-5-7-10-20)29-30-27(31)35-19(2)26(32)28-21-11-8-12-24(18-21)33-3/h5-16,18-19H,4,17H2,1-3H3,(H,28,32). The van der Waals surface area contributed by atoms with Gasteiger partial charge in [-0.15, -0.1) is 10.2 Å². The molecule has 1 unspecified atom stereocenters. The Bertz CT molecular complexity index is 1260. The Balaban J connectivity index is 1.58. The van der Waals surface area contributed by atoms with Crippen LogP contribution in [-0.4, -0.2) is 39.6 Å². The van der Waals surface area contributed by atoms with Crippen molar-refractivity contribution in [1.82, 2.24) is 14.8 Å². The van der Waals surface area contributed by atoms with E-state index in [1.807, 2.05) is 79.1 Å². The van der Waals surface area contributed by atoms with E-state index in [4.69, 9.17) is 9.47 Å². The molecular weight excluding hydrogens is 460 g/mol. The van der Waals surface area contributed by atoms with Gasteiger partial charge in [0.25, 0.3) is 0 Å². The quantitative estimate of drug-likeness (QED) is 0.302. The van der Waals surface area contributed by atoms with Gasteiger partial charge in [0.1, 0.15) is 17.3 Å². The number of amides is 1. The second-order valence-electron chi connectivity index (χ2n) is 7.80. The normalized spacial score (nSPS) is 11.6. The van der Waals surface area contributed by atoms with Crippen molar-refractivity contribution in [2.75, 3.05) is 19.0 Å². The largest absolute Gasteiger partial charge is 0.497 e. The van der Waals surface area contributed by atoms with Gasteiger partial charge in [0.2, 0.25) is 5.91 Å². The summed E-state index contributed by atoms with van der Waals surface area (Å²) in [6.45, 7) is 4.42. The minimum atomic E-state index is -0.406. The zero-order valence-corrected chi connectivity index (χ0v) is 20.8. The lowest BCUT2D eigenvalue weighted by atomic mass is 10.1. The lowest BCUT2D eigenvalue weighted by molar-refractivity contribution is -0.115. The van der Waals surface area contributed by atoms with Crippen LogP contribution >= 0.6 is 11.8 Å². The molecule has 1 N–H and O–H groups in total. The fourth-order valence-corrected chi connectivity index (χ4v) is 4.43. The molecule has 0 aliphatic heterocycles. The first-order chi connectivity index (χ1) is 17.1. The molecule has 1 aromatic heterocycles. The van der Waals surface area contributed by atoms with Gasteiger partial charge in [0.15, 0.2) is 5.16 Å². The number of thioether (sulfide) groups is 1. The van der Waals surface area contributed by atoms with Gasteiger partial charge in [0, 0.05) is 23.9 Å². The van der Waals surface area contributed by atoms with E-state index >= 15 is 0 Å². The number of nitrogens with one attached hydrogen (secondary N) is 1. The van der Waals surface area contributed by atoms with Crippen LogP contribution in [0.1, 0.15) is 25.2 Å². The second-order valence-corrected chi connectivity index (χ2v) is 9.11. The van der Waals surface area contributed by atoms with Gasteiger partial charge in [0.05, 0.1) is 19.0 Å². The summed E-state index contributed by atoms with van der Waals surface area (Å²) < 4.78 is 12.8. The van der Waals surface area contributed by atoms with Crippen LogP contribution in [0, 0.1) is 0 Å². The average Bonchev–Trinajstić information content (AvgIpc) is 3.27. The summed E-state index contributed by atoms with van der Waals surface area (Å²) in [5, 5.41) is 12.1. The number of benzene rings is 3. The Labute approximate surface area is 209 Å². The maximum atomic E-state index is 12.9. The van der Waals surface area contributed by atoms with Gasteiger partial charge in [-0.05, 0) is 55.8 Å². The third-order valence-electron chi connectivity index (χ3n) is 5.30. The van der Waals surface area contributed by atoms with Gasteiger partial charge in [-0.2, -0.15) is 0 Å². The average molecular weight is 489 g/mol. The summed E-state index contributed by atoms with van der Waals surface area (Å²) in [4.78, 5) is 12.9. The van der Waals surface area contributed by atoms with Gasteiger partial charge in [-0.25, -0.2) is 0 Å². The molecule has 1 amide bonds. The van der Waals surface area contributed by atoms with Gasteiger partial charge < -0.3 is 14.8 Å². The zero-order chi connectivity index (χ0) is 24.6. The fraction of sp³-hybridized carbons (Fsp3) is 0.222. The minimum absolute atomic E-state index is 0.130. The van der Waals surface area contributed by atoms with E-state index in [1.54, 1.807) is 13.2 Å². The van der Waals surface area contributed by atoms with E-state index in [1.165, 1.54) is 11.8 Å². The van der Waals surface area contributed by atoms with Gasteiger partial charge in [-0.3, -0.25) is 9.36 Å². The van der Waals surface area contributed by atoms with E-state index in [9.17, 15) is 4.79 Å². The summed E-state index contributed by atoms with van der Waals surface area (Å²) in [6.07, 6.45) is 0.617. The van der Waals surface area contributed by atoms with Crippen molar-refractivity contribution < 1.29 is 14.3 Å². The van der Waals surface area contributed by atoms with E-state index in [-0.39, 0.29) is 5.91 Å². The number of aromatic nitrogens is 3. The number of anilines is 1. The molecule has 1 atom stereocenters. The number of hydrogen-bond acceptors (Lipinski definition) is 6. The molecule has 0 spiro atoms. The van der Waals surface area contributed by atoms with Crippen LogP contribution in [0.2, 0.25) is 0 Å². The SMILES string of the molecule is CCOc1ccc(-n2c(Cc3ccccc3)nnc2SC(C)C(=O)Nc2cccc(OC)c2)cc1. The molecule has 1 heterocycles. The molecule has 0 saturated carbocycles. The number of rotatable bonds is 10. The van der Waals surface area contributed by atoms with Gasteiger partial charge in [-0.1, -0.05) is 48.2 Å². The van der Waals surface area contributed by atoms with Crippen LogP contribution in [0.15, 0.2) is 84.0 Å². The number of ether oxygens (including phenoxy) is 2. The third kappa shape index (κ3) is 6.22. The molecule has 0 bridgehead atoms. The molecule has 0 fully saturated rings. The Kier molecular flexibility index (Phi) is 8.05. The lowest BCUT2D eigenvalue weighted by Gasteiger charge is -2.15. The molecule has 7 nitrogen and oxygen atoms in total. The Morgan fingerprint density at radius 1 is 1.00 bits per heavy atom. The molecule has 0 aliphatic rings. The first kappa shape index (κ1) is 24.3. The molecule has 35 heavy (non-hydrogen) atoms. The van der Waals surface area contributed by atoms with Crippen molar-refractivity contribution in [3.05, 3.63) is 90.3 Å². The summed E-state index contributed by atoms with van der Waals surface area (Å²) in [5.41, 5.74) is 2.72. The second kappa shape index (κ2) is 11.6. The summed E-state index contributed by atoms with van der Waals surface area (Å²) in [5.74, 6) is 2.15. The third-order valence-corrected chi connectivity index (χ3v) is 6.34. The first-order valence-corrected chi connectivity index (χ1v) is 12.3. The predicted molar refractivity (Wildman–Crippen MR) is 139 cm³/mol. The molecule has 4 aromatic rings. The Hall–Kier alpha value is -3.78. The molecule has 0 radical (unpaired) electrons. The molecular formula is C27H28N4O3S. The number of carbonyl (C=O) groups is 1. The van der Waals surface area contributed by atoms with E-state index in [0.717, 1.165) is 22.8 Å². The molecule has 3 aromatic carbocycles. The van der Waals surface area contributed by atoms with Crippen LogP contribution < -0.4 is 14.8 Å². The van der Waals surface area contributed by atoms with Crippen molar-refractivity contribution >= 4 is 23.4 Å². The maximum absolute atomic E-state index is 12.9. The molecule has 180 valence electrons. The first-order valence-electron chi connectivity index (χ1n) is 11.4. The van der Waals surface area contributed by atoms with Crippen LogP contribution in [0.5, 0.6) is 11.5 Å². The highest BCUT2D eigenvalue weighted by molar-refractivity contribution is 8.00. The minimum Gasteiger partial charge on any atom is -0.497 e. The van der Waals surface area contributed by atoms with Crippen molar-refractivity contribution in [1.29, 1.82) is 0 Å². The predicted octanol–water partition coefficient (Wildman–Crippen LogP) is 5.38. The zero-order valence-electron chi connectivity index (χ0n) is 20.0. The monoisotopic (exact) mass is 488 g/mol. The van der Waals surface area contributed by atoms with E-state index in [0.29, 0.717) is 29.6 Å². The number of carbonyl (C=O) groups excluding carboxylic acids is 1. The van der Waals surface area contributed by atoms with E-state index < -0.39 is 5.25 Å². The number of methoxy groups -OCH3 is 1. The highest BCUT2D eigenvalue weighted by Gasteiger charge is 2.21. The molecule has 8 heteroatoms. The molecule has 0 saturated heterocycles. The summed E-state index contributed by atoms with van der Waals surface area (Å²) in [6, 6.07) is 25.2. The van der Waals surface area contributed by atoms with Crippen molar-refractivity contribution in [2.45, 2.75) is 30.7 Å². The van der Waals surface area contributed by atoms with Crippen molar-refractivity contribution in [3.63, 3.8) is 0 Å².